The maximum Gasteiger partial charge on any atom is 0.165 e. The Balaban J connectivity index is 0.920. The third kappa shape index (κ3) is 5.68. The minimum absolute atomic E-state index is 0.0366. The molecule has 13 rings (SSSR count). The Labute approximate surface area is 378 Å². The molecular weight excluding hydrogens is 795 g/mol. The maximum atomic E-state index is 5.20. The Morgan fingerprint density at radius 1 is 0.375 bits per heavy atom. The second kappa shape index (κ2) is 14.3. The van der Waals surface area contributed by atoms with Crippen molar-refractivity contribution in [3.05, 3.63) is 198 Å². The van der Waals surface area contributed by atoms with Crippen molar-refractivity contribution in [2.75, 3.05) is 0 Å². The van der Waals surface area contributed by atoms with Crippen molar-refractivity contribution in [3.8, 4) is 78.7 Å². The van der Waals surface area contributed by atoms with Crippen LogP contribution < -0.4 is 0 Å². The molecule has 0 radical (unpaired) electrons. The highest BCUT2D eigenvalue weighted by Crippen LogP contribution is 2.60. The number of rotatable bonds is 5. The van der Waals surface area contributed by atoms with Gasteiger partial charge in [0.05, 0.1) is 0 Å². The van der Waals surface area contributed by atoms with Gasteiger partial charge in [-0.3, -0.25) is 0 Å². The molecule has 0 N–H and O–H groups in total. The van der Waals surface area contributed by atoms with Gasteiger partial charge in [0, 0.05) is 47.7 Å². The molecule has 10 aromatic rings. The van der Waals surface area contributed by atoms with E-state index in [0.717, 1.165) is 22.3 Å². The van der Waals surface area contributed by atoms with Crippen LogP contribution in [0.1, 0.15) is 68.2 Å². The van der Waals surface area contributed by atoms with Crippen LogP contribution >= 0.6 is 11.3 Å². The van der Waals surface area contributed by atoms with Crippen LogP contribution in [0, 0.1) is 0 Å². The van der Waals surface area contributed by atoms with Gasteiger partial charge in [-0.15, -0.1) is 11.3 Å². The first-order valence-electron chi connectivity index (χ1n) is 22.8. The first-order chi connectivity index (χ1) is 31.4. The van der Waals surface area contributed by atoms with E-state index in [9.17, 15) is 0 Å². The molecule has 0 unspecified atom stereocenters. The number of thiophene rings is 1. The third-order valence-electron chi connectivity index (χ3n) is 14.8. The topological polar surface area (TPSA) is 38.7 Å². The number of hydrogen-bond acceptors (Lipinski definition) is 4. The van der Waals surface area contributed by atoms with Crippen LogP contribution in [-0.4, -0.2) is 15.0 Å². The fourth-order valence-electron chi connectivity index (χ4n) is 11.5. The van der Waals surface area contributed by atoms with E-state index < -0.39 is 0 Å². The number of nitrogens with zero attached hydrogens (tertiary/aromatic N) is 3. The minimum atomic E-state index is -0.0366. The Morgan fingerprint density at radius 3 is 1.72 bits per heavy atom. The van der Waals surface area contributed by atoms with Crippen LogP contribution in [-0.2, 0) is 10.8 Å². The predicted molar refractivity (Wildman–Crippen MR) is 267 cm³/mol. The van der Waals surface area contributed by atoms with Crippen molar-refractivity contribution in [1.29, 1.82) is 0 Å². The molecule has 306 valence electrons. The van der Waals surface area contributed by atoms with Gasteiger partial charge in [0.25, 0.3) is 0 Å². The van der Waals surface area contributed by atoms with Gasteiger partial charge in [-0.05, 0) is 116 Å². The Kier molecular flexibility index (Phi) is 8.36. The number of fused-ring (bicyclic) bond motifs is 11. The zero-order chi connectivity index (χ0) is 42.6. The van der Waals surface area contributed by atoms with Crippen molar-refractivity contribution in [1.82, 2.24) is 15.0 Å². The van der Waals surface area contributed by atoms with Gasteiger partial charge in [0.2, 0.25) is 0 Å². The van der Waals surface area contributed by atoms with Gasteiger partial charge >= 0.3 is 0 Å². The number of hydrogen-bond donors (Lipinski definition) is 0. The molecule has 0 bridgehead atoms. The summed E-state index contributed by atoms with van der Waals surface area (Å²) in [6.07, 6.45) is 6.34. The van der Waals surface area contributed by atoms with Gasteiger partial charge in [0.1, 0.15) is 0 Å². The van der Waals surface area contributed by atoms with Crippen LogP contribution in [0.5, 0.6) is 0 Å². The van der Waals surface area contributed by atoms with E-state index >= 15 is 0 Å². The molecule has 1 saturated carbocycles. The summed E-state index contributed by atoms with van der Waals surface area (Å²) in [6.45, 7) is 4.82. The van der Waals surface area contributed by atoms with E-state index in [-0.39, 0.29) is 10.8 Å². The average Bonchev–Trinajstić information content (AvgIpc) is 3.94. The van der Waals surface area contributed by atoms with E-state index in [1.807, 2.05) is 35.6 Å². The molecule has 4 heteroatoms. The highest BCUT2D eigenvalue weighted by atomic mass is 32.1. The Bertz CT molecular complexity index is 3490. The van der Waals surface area contributed by atoms with Crippen molar-refractivity contribution >= 4 is 31.5 Å². The molecule has 0 atom stereocenters. The van der Waals surface area contributed by atoms with Crippen LogP contribution in [0.3, 0.4) is 0 Å². The molecular formula is C60H45N3S. The Hall–Kier alpha value is -7.01. The normalized spacial score (nSPS) is 15.3. The molecule has 3 aliphatic carbocycles. The number of aromatic nitrogens is 3. The van der Waals surface area contributed by atoms with Gasteiger partial charge < -0.3 is 0 Å². The van der Waals surface area contributed by atoms with Gasteiger partial charge in [0.15, 0.2) is 17.5 Å². The van der Waals surface area contributed by atoms with Gasteiger partial charge in [-0.25, -0.2) is 15.0 Å². The van der Waals surface area contributed by atoms with Crippen molar-refractivity contribution in [3.63, 3.8) is 0 Å². The van der Waals surface area contributed by atoms with Crippen molar-refractivity contribution in [2.24, 2.45) is 0 Å². The molecule has 1 spiro atoms. The van der Waals surface area contributed by atoms with E-state index in [4.69, 9.17) is 15.0 Å². The van der Waals surface area contributed by atoms with Crippen molar-refractivity contribution in [2.45, 2.75) is 56.8 Å². The molecule has 2 aromatic heterocycles. The molecule has 2 heterocycles. The van der Waals surface area contributed by atoms with Crippen LogP contribution in [0.2, 0.25) is 0 Å². The van der Waals surface area contributed by atoms with E-state index in [1.54, 1.807) is 5.56 Å². The molecule has 0 aliphatic heterocycles. The van der Waals surface area contributed by atoms with Crippen molar-refractivity contribution < 1.29 is 0 Å². The lowest BCUT2D eigenvalue weighted by Gasteiger charge is -2.36. The minimum Gasteiger partial charge on any atom is -0.208 e. The first kappa shape index (κ1) is 37.5. The zero-order valence-corrected chi connectivity index (χ0v) is 36.8. The summed E-state index contributed by atoms with van der Waals surface area (Å²) in [5.74, 6) is 2.01. The summed E-state index contributed by atoms with van der Waals surface area (Å²) in [7, 11) is 0. The molecule has 3 aliphatic rings. The molecule has 0 amide bonds. The van der Waals surface area contributed by atoms with E-state index in [2.05, 4.69) is 166 Å². The van der Waals surface area contributed by atoms with Gasteiger partial charge in [-0.2, -0.15) is 0 Å². The highest BCUT2D eigenvalue weighted by molar-refractivity contribution is 7.26. The van der Waals surface area contributed by atoms with Gasteiger partial charge in [-0.1, -0.05) is 173 Å². The highest BCUT2D eigenvalue weighted by Gasteiger charge is 2.46. The molecule has 8 aromatic carbocycles. The summed E-state index contributed by atoms with van der Waals surface area (Å²) < 4.78 is 2.44. The average molecular weight is 840 g/mol. The zero-order valence-electron chi connectivity index (χ0n) is 36.0. The lowest BCUT2D eigenvalue weighted by Crippen LogP contribution is -2.28. The van der Waals surface area contributed by atoms with E-state index in [1.165, 1.54) is 108 Å². The smallest absolute Gasteiger partial charge is 0.165 e. The summed E-state index contributed by atoms with van der Waals surface area (Å²) >= 11 is 1.82. The standard InChI is InChI=1S/C60H45N3S/c1-59(2)50-22-11-10-19-43(50)47-36-53-48(35-52(47)59)46-33-41(27-29-51(46)60(53)31-12-5-13-32-60)42-28-30-54-49(34-42)44-20-14-21-45(55(44)64-54)58-62-56(39-17-8-4-9-18-39)61-57(63-58)40-25-23-38(24-26-40)37-15-6-3-7-16-37/h3-4,6-11,14-30,33-36H,5,12-13,31-32H2,1-2H3. The predicted octanol–water partition coefficient (Wildman–Crippen LogP) is 16.1. The summed E-state index contributed by atoms with van der Waals surface area (Å²) in [5.41, 5.74) is 19.6. The molecule has 0 saturated heterocycles. The summed E-state index contributed by atoms with van der Waals surface area (Å²) in [6, 6.07) is 64.6. The lowest BCUT2D eigenvalue weighted by molar-refractivity contribution is 0.353. The fourth-order valence-corrected chi connectivity index (χ4v) is 12.7. The number of benzene rings is 8. The van der Waals surface area contributed by atoms with Crippen LogP contribution in [0.15, 0.2) is 176 Å². The summed E-state index contributed by atoms with van der Waals surface area (Å²) in [4.78, 5) is 15.4. The largest absolute Gasteiger partial charge is 0.208 e. The maximum absolute atomic E-state index is 5.20. The molecule has 3 nitrogen and oxygen atoms in total. The first-order valence-corrected chi connectivity index (χ1v) is 23.6. The molecule has 1 fully saturated rings. The second-order valence-corrected chi connectivity index (χ2v) is 19.7. The van der Waals surface area contributed by atoms with Crippen LogP contribution in [0.25, 0.3) is 98.8 Å². The SMILES string of the molecule is CC1(C)c2ccccc2-c2cc3c(cc21)-c1cc(-c2ccc4sc5c(-c6nc(-c7ccccc7)nc(-c7ccc(-c8ccccc8)cc7)n6)cccc5c4c2)ccc1C31CCCCC1. The molecule has 64 heavy (non-hydrogen) atoms. The Morgan fingerprint density at radius 2 is 0.938 bits per heavy atom. The van der Waals surface area contributed by atoms with E-state index in [0.29, 0.717) is 17.5 Å². The monoisotopic (exact) mass is 839 g/mol. The van der Waals surface area contributed by atoms with Crippen LogP contribution in [0.4, 0.5) is 0 Å². The summed E-state index contributed by atoms with van der Waals surface area (Å²) in [5, 5.41) is 2.48. The fraction of sp³-hybridized carbons (Fsp3) is 0.150. The third-order valence-corrected chi connectivity index (χ3v) is 16.0. The second-order valence-electron chi connectivity index (χ2n) is 18.6. The lowest BCUT2D eigenvalue weighted by atomic mass is 9.67. The quantitative estimate of drug-likeness (QED) is 0.173.